The molecule has 1 fully saturated rings. The largest absolute Gasteiger partial charge is 0.321 e. The molecule has 1 saturated carbocycles. The second kappa shape index (κ2) is 4.48. The molecule has 0 aromatic heterocycles. The molecule has 3 heteroatoms. The van der Waals surface area contributed by atoms with Gasteiger partial charge in [0.05, 0.1) is 0 Å². The summed E-state index contributed by atoms with van der Waals surface area (Å²) in [6, 6.07) is 6.54. The van der Waals surface area contributed by atoms with Gasteiger partial charge in [-0.1, -0.05) is 18.9 Å². The SMILES string of the molecule is CSc1ccc(C2(N)CCCC2)cc1Br. The van der Waals surface area contributed by atoms with E-state index in [2.05, 4.69) is 40.4 Å². The molecule has 2 rings (SSSR count). The molecule has 1 aliphatic carbocycles. The Bertz CT molecular complexity index is 359. The Kier molecular flexibility index (Phi) is 3.43. The lowest BCUT2D eigenvalue weighted by atomic mass is 9.90. The predicted molar refractivity (Wildman–Crippen MR) is 70.3 cm³/mol. The second-order valence-electron chi connectivity index (χ2n) is 4.21. The summed E-state index contributed by atoms with van der Waals surface area (Å²) in [6.45, 7) is 0. The molecule has 0 unspecified atom stereocenters. The van der Waals surface area contributed by atoms with Crippen molar-refractivity contribution in [1.29, 1.82) is 0 Å². The van der Waals surface area contributed by atoms with Crippen molar-refractivity contribution >= 4 is 27.7 Å². The Morgan fingerprint density at radius 3 is 2.53 bits per heavy atom. The van der Waals surface area contributed by atoms with E-state index in [1.165, 1.54) is 27.8 Å². The Morgan fingerprint density at radius 2 is 2.00 bits per heavy atom. The molecule has 0 saturated heterocycles. The quantitative estimate of drug-likeness (QED) is 0.834. The second-order valence-corrected chi connectivity index (χ2v) is 5.91. The number of hydrogen-bond acceptors (Lipinski definition) is 2. The number of halogens is 1. The first-order valence-electron chi connectivity index (χ1n) is 5.29. The molecule has 0 heterocycles. The van der Waals surface area contributed by atoms with Gasteiger partial charge in [0.1, 0.15) is 0 Å². The molecule has 0 amide bonds. The molecule has 0 radical (unpaired) electrons. The fourth-order valence-electron chi connectivity index (χ4n) is 2.27. The fourth-order valence-corrected chi connectivity index (χ4v) is 3.59. The first-order valence-corrected chi connectivity index (χ1v) is 7.30. The molecule has 1 aromatic carbocycles. The van der Waals surface area contributed by atoms with Crippen molar-refractivity contribution in [3.05, 3.63) is 28.2 Å². The summed E-state index contributed by atoms with van der Waals surface area (Å²) in [5, 5.41) is 0. The van der Waals surface area contributed by atoms with E-state index in [1.807, 2.05) is 0 Å². The minimum absolute atomic E-state index is 0.0700. The van der Waals surface area contributed by atoms with E-state index in [0.717, 1.165) is 12.8 Å². The van der Waals surface area contributed by atoms with E-state index in [9.17, 15) is 0 Å². The minimum atomic E-state index is -0.0700. The molecule has 15 heavy (non-hydrogen) atoms. The minimum Gasteiger partial charge on any atom is -0.321 e. The standard InChI is InChI=1S/C12H16BrNS/c1-15-11-5-4-9(8-10(11)13)12(14)6-2-3-7-12/h4-5,8H,2-3,6-7,14H2,1H3. The van der Waals surface area contributed by atoms with E-state index in [0.29, 0.717) is 0 Å². The van der Waals surface area contributed by atoms with Crippen LogP contribution in [0.4, 0.5) is 0 Å². The van der Waals surface area contributed by atoms with Crippen LogP contribution in [-0.2, 0) is 5.54 Å². The third-order valence-corrected chi connectivity index (χ3v) is 4.94. The Hall–Kier alpha value is 0.01000. The molecule has 0 atom stereocenters. The van der Waals surface area contributed by atoms with E-state index >= 15 is 0 Å². The zero-order valence-electron chi connectivity index (χ0n) is 8.92. The third-order valence-electron chi connectivity index (χ3n) is 3.22. The number of thioether (sulfide) groups is 1. The first kappa shape index (κ1) is 11.5. The molecular formula is C12H16BrNS. The van der Waals surface area contributed by atoms with Crippen molar-refractivity contribution in [3.63, 3.8) is 0 Å². The monoisotopic (exact) mass is 285 g/mol. The number of hydrogen-bond donors (Lipinski definition) is 1. The van der Waals surface area contributed by atoms with Gasteiger partial charge < -0.3 is 5.73 Å². The number of benzene rings is 1. The van der Waals surface area contributed by atoms with Gasteiger partial charge in [0, 0.05) is 14.9 Å². The van der Waals surface area contributed by atoms with Crippen LogP contribution in [0.1, 0.15) is 31.2 Å². The molecular weight excluding hydrogens is 270 g/mol. The number of nitrogens with two attached hydrogens (primary N) is 1. The van der Waals surface area contributed by atoms with Crippen LogP contribution in [0.25, 0.3) is 0 Å². The van der Waals surface area contributed by atoms with Crippen molar-refractivity contribution in [3.8, 4) is 0 Å². The summed E-state index contributed by atoms with van der Waals surface area (Å²) in [5.74, 6) is 0. The van der Waals surface area contributed by atoms with Gasteiger partial charge in [-0.3, -0.25) is 0 Å². The van der Waals surface area contributed by atoms with Crippen LogP contribution < -0.4 is 5.73 Å². The highest BCUT2D eigenvalue weighted by Crippen LogP contribution is 2.38. The molecule has 1 aliphatic rings. The highest BCUT2D eigenvalue weighted by atomic mass is 79.9. The summed E-state index contributed by atoms with van der Waals surface area (Å²) in [7, 11) is 0. The van der Waals surface area contributed by atoms with Gasteiger partial charge in [-0.25, -0.2) is 0 Å². The normalized spacial score (nSPS) is 19.4. The maximum Gasteiger partial charge on any atom is 0.0410 e. The summed E-state index contributed by atoms with van der Waals surface area (Å²) >= 11 is 5.36. The lowest BCUT2D eigenvalue weighted by Crippen LogP contribution is -2.32. The molecule has 1 aromatic rings. The van der Waals surface area contributed by atoms with Gasteiger partial charge in [-0.2, -0.15) is 0 Å². The fraction of sp³-hybridized carbons (Fsp3) is 0.500. The third kappa shape index (κ3) is 2.24. The lowest BCUT2D eigenvalue weighted by Gasteiger charge is -2.24. The van der Waals surface area contributed by atoms with Crippen molar-refractivity contribution in [2.24, 2.45) is 5.73 Å². The van der Waals surface area contributed by atoms with Crippen LogP contribution >= 0.6 is 27.7 Å². The van der Waals surface area contributed by atoms with Crippen LogP contribution in [-0.4, -0.2) is 6.26 Å². The van der Waals surface area contributed by atoms with Crippen LogP contribution in [0.5, 0.6) is 0 Å². The van der Waals surface area contributed by atoms with Gasteiger partial charge in [0.15, 0.2) is 0 Å². The Labute approximate surface area is 104 Å². The highest BCUT2D eigenvalue weighted by Gasteiger charge is 2.31. The zero-order valence-corrected chi connectivity index (χ0v) is 11.3. The van der Waals surface area contributed by atoms with Gasteiger partial charge >= 0.3 is 0 Å². The average molecular weight is 286 g/mol. The van der Waals surface area contributed by atoms with Crippen molar-refractivity contribution in [2.45, 2.75) is 36.1 Å². The Balaban J connectivity index is 2.33. The molecule has 82 valence electrons. The highest BCUT2D eigenvalue weighted by molar-refractivity contribution is 9.10. The summed E-state index contributed by atoms with van der Waals surface area (Å²) in [5.41, 5.74) is 7.63. The van der Waals surface area contributed by atoms with Gasteiger partial charge in [-0.15, -0.1) is 11.8 Å². The number of rotatable bonds is 2. The summed E-state index contributed by atoms with van der Waals surface area (Å²) < 4.78 is 1.17. The van der Waals surface area contributed by atoms with Gasteiger partial charge in [0.25, 0.3) is 0 Å². The van der Waals surface area contributed by atoms with Crippen molar-refractivity contribution in [1.82, 2.24) is 0 Å². The van der Waals surface area contributed by atoms with E-state index in [1.54, 1.807) is 11.8 Å². The van der Waals surface area contributed by atoms with E-state index in [-0.39, 0.29) is 5.54 Å². The smallest absolute Gasteiger partial charge is 0.0410 e. The summed E-state index contributed by atoms with van der Waals surface area (Å²) in [4.78, 5) is 1.28. The van der Waals surface area contributed by atoms with Crippen molar-refractivity contribution < 1.29 is 0 Å². The van der Waals surface area contributed by atoms with Gasteiger partial charge in [0.2, 0.25) is 0 Å². The maximum atomic E-state index is 6.41. The Morgan fingerprint density at radius 1 is 1.33 bits per heavy atom. The van der Waals surface area contributed by atoms with E-state index in [4.69, 9.17) is 5.73 Å². The molecule has 0 aliphatic heterocycles. The molecule has 0 spiro atoms. The molecule has 0 bridgehead atoms. The van der Waals surface area contributed by atoms with Crippen LogP contribution in [0.3, 0.4) is 0 Å². The molecule has 1 nitrogen and oxygen atoms in total. The average Bonchev–Trinajstić information content (AvgIpc) is 2.66. The first-order chi connectivity index (χ1) is 7.15. The summed E-state index contributed by atoms with van der Waals surface area (Å²) in [6.07, 6.45) is 6.86. The van der Waals surface area contributed by atoms with Gasteiger partial charge in [-0.05, 0) is 52.7 Å². The topological polar surface area (TPSA) is 26.0 Å². The van der Waals surface area contributed by atoms with Crippen LogP contribution in [0, 0.1) is 0 Å². The lowest BCUT2D eigenvalue weighted by molar-refractivity contribution is 0.461. The zero-order chi connectivity index (χ0) is 10.9. The van der Waals surface area contributed by atoms with Crippen LogP contribution in [0.2, 0.25) is 0 Å². The van der Waals surface area contributed by atoms with Crippen molar-refractivity contribution in [2.75, 3.05) is 6.26 Å². The maximum absolute atomic E-state index is 6.41. The van der Waals surface area contributed by atoms with Crippen LogP contribution in [0.15, 0.2) is 27.6 Å². The predicted octanol–water partition coefficient (Wildman–Crippen LogP) is 3.90. The molecule has 2 N–H and O–H groups in total. The van der Waals surface area contributed by atoms with E-state index < -0.39 is 0 Å².